The van der Waals surface area contributed by atoms with Gasteiger partial charge in [-0.3, -0.25) is 4.40 Å². The number of carbonyl (C=O) groups excluding carboxylic acids is 1. The Morgan fingerprint density at radius 3 is 2.75 bits per heavy atom. The molecule has 1 aromatic carbocycles. The fraction of sp³-hybridized carbons (Fsp3) is 0.333. The standard InChI is InChI=1S/C18H19N3O3/c1-12-11-15(20-7-9-24-10-8-20)21-14-6-4-3-5-13(14)19-17(21)16(12)18(22)23-2/h3-6,11H,7-10H2,1-2H3. The Morgan fingerprint density at radius 2 is 2.00 bits per heavy atom. The summed E-state index contributed by atoms with van der Waals surface area (Å²) in [6.45, 7) is 4.96. The number of pyridine rings is 1. The average molecular weight is 325 g/mol. The number of hydrogen-bond acceptors (Lipinski definition) is 5. The fourth-order valence-electron chi connectivity index (χ4n) is 3.31. The molecule has 1 aliphatic rings. The second-order valence-electron chi connectivity index (χ2n) is 5.91. The molecule has 0 atom stereocenters. The number of imidazole rings is 1. The summed E-state index contributed by atoms with van der Waals surface area (Å²) in [5, 5.41) is 0. The number of methoxy groups -OCH3 is 1. The van der Waals surface area contributed by atoms with Gasteiger partial charge in [0.1, 0.15) is 11.4 Å². The molecule has 2 aromatic heterocycles. The van der Waals surface area contributed by atoms with Crippen molar-refractivity contribution in [3.05, 3.63) is 41.5 Å². The van der Waals surface area contributed by atoms with Crippen molar-refractivity contribution in [3.63, 3.8) is 0 Å². The van der Waals surface area contributed by atoms with Crippen LogP contribution in [0, 0.1) is 6.92 Å². The van der Waals surface area contributed by atoms with Crippen molar-refractivity contribution in [2.75, 3.05) is 38.3 Å². The van der Waals surface area contributed by atoms with Gasteiger partial charge in [0, 0.05) is 13.1 Å². The summed E-state index contributed by atoms with van der Waals surface area (Å²) in [7, 11) is 1.40. The van der Waals surface area contributed by atoms with Crippen molar-refractivity contribution < 1.29 is 14.3 Å². The third-order valence-corrected chi connectivity index (χ3v) is 4.48. The summed E-state index contributed by atoms with van der Waals surface area (Å²) in [5.41, 5.74) is 3.88. The highest BCUT2D eigenvalue weighted by molar-refractivity contribution is 6.00. The molecule has 6 nitrogen and oxygen atoms in total. The molecule has 124 valence electrons. The van der Waals surface area contributed by atoms with Crippen LogP contribution in [0.4, 0.5) is 5.82 Å². The highest BCUT2D eigenvalue weighted by Gasteiger charge is 2.23. The first-order valence-corrected chi connectivity index (χ1v) is 8.02. The van der Waals surface area contributed by atoms with E-state index < -0.39 is 0 Å². The van der Waals surface area contributed by atoms with Crippen molar-refractivity contribution in [1.82, 2.24) is 9.38 Å². The van der Waals surface area contributed by atoms with Crippen LogP contribution in [0.2, 0.25) is 0 Å². The van der Waals surface area contributed by atoms with Gasteiger partial charge in [0.25, 0.3) is 0 Å². The number of aryl methyl sites for hydroxylation is 1. The van der Waals surface area contributed by atoms with Crippen molar-refractivity contribution in [1.29, 1.82) is 0 Å². The lowest BCUT2D eigenvalue weighted by molar-refractivity contribution is 0.0601. The first-order valence-electron chi connectivity index (χ1n) is 8.02. The predicted octanol–water partition coefficient (Wildman–Crippen LogP) is 2.42. The third kappa shape index (κ3) is 2.22. The van der Waals surface area contributed by atoms with Crippen molar-refractivity contribution in [2.24, 2.45) is 0 Å². The zero-order valence-corrected chi connectivity index (χ0v) is 13.8. The summed E-state index contributed by atoms with van der Waals surface area (Å²) in [6, 6.07) is 9.96. The topological polar surface area (TPSA) is 56.1 Å². The lowest BCUT2D eigenvalue weighted by Gasteiger charge is -2.30. The van der Waals surface area contributed by atoms with Crippen LogP contribution in [0.5, 0.6) is 0 Å². The Bertz CT molecular complexity index is 926. The van der Waals surface area contributed by atoms with E-state index in [1.54, 1.807) is 0 Å². The van der Waals surface area contributed by atoms with Crippen molar-refractivity contribution in [3.8, 4) is 0 Å². The molecule has 0 amide bonds. The number of nitrogens with zero attached hydrogens (tertiary/aromatic N) is 3. The van der Waals surface area contributed by atoms with Gasteiger partial charge < -0.3 is 14.4 Å². The summed E-state index contributed by atoms with van der Waals surface area (Å²) < 4.78 is 12.5. The number of aromatic nitrogens is 2. The van der Waals surface area contributed by atoms with Crippen molar-refractivity contribution >= 4 is 28.5 Å². The molecule has 1 fully saturated rings. The van der Waals surface area contributed by atoms with Crippen LogP contribution < -0.4 is 4.90 Å². The Balaban J connectivity index is 2.07. The number of rotatable bonds is 2. The smallest absolute Gasteiger partial charge is 0.341 e. The Hall–Kier alpha value is -2.60. The van der Waals surface area contributed by atoms with Crippen LogP contribution >= 0.6 is 0 Å². The van der Waals surface area contributed by atoms with E-state index in [4.69, 9.17) is 14.5 Å². The molecule has 0 N–H and O–H groups in total. The molecule has 1 saturated heterocycles. The zero-order chi connectivity index (χ0) is 16.7. The molecular formula is C18H19N3O3. The van der Waals surface area contributed by atoms with Gasteiger partial charge >= 0.3 is 5.97 Å². The molecule has 24 heavy (non-hydrogen) atoms. The highest BCUT2D eigenvalue weighted by atomic mass is 16.5. The summed E-state index contributed by atoms with van der Waals surface area (Å²) >= 11 is 0. The molecule has 0 unspecified atom stereocenters. The van der Waals surface area contributed by atoms with E-state index in [1.165, 1.54) is 7.11 Å². The zero-order valence-electron chi connectivity index (χ0n) is 13.8. The number of carbonyl (C=O) groups is 1. The maximum atomic E-state index is 12.3. The quantitative estimate of drug-likeness (QED) is 0.677. The first-order chi connectivity index (χ1) is 11.7. The Morgan fingerprint density at radius 1 is 1.25 bits per heavy atom. The summed E-state index contributed by atoms with van der Waals surface area (Å²) in [6.07, 6.45) is 0. The number of morpholine rings is 1. The normalized spacial score (nSPS) is 15.2. The number of esters is 1. The number of para-hydroxylation sites is 2. The molecule has 6 heteroatoms. The maximum Gasteiger partial charge on any atom is 0.341 e. The van der Waals surface area contributed by atoms with Gasteiger partial charge in [-0.05, 0) is 30.7 Å². The molecular weight excluding hydrogens is 306 g/mol. The van der Waals surface area contributed by atoms with Gasteiger partial charge in [0.05, 0.1) is 31.4 Å². The molecule has 0 spiro atoms. The van der Waals surface area contributed by atoms with Crippen LogP contribution in [0.3, 0.4) is 0 Å². The molecule has 0 radical (unpaired) electrons. The van der Waals surface area contributed by atoms with Crippen molar-refractivity contribution in [2.45, 2.75) is 6.92 Å². The van der Waals surface area contributed by atoms with Crippen LogP contribution in [-0.4, -0.2) is 48.8 Å². The third-order valence-electron chi connectivity index (χ3n) is 4.48. The van der Waals surface area contributed by atoms with Crippen LogP contribution in [0.15, 0.2) is 30.3 Å². The van der Waals surface area contributed by atoms with E-state index in [9.17, 15) is 4.79 Å². The molecule has 3 heterocycles. The van der Waals surface area contributed by atoms with E-state index in [1.807, 2.05) is 37.3 Å². The van der Waals surface area contributed by atoms with Gasteiger partial charge in [-0.2, -0.15) is 0 Å². The van der Waals surface area contributed by atoms with Gasteiger partial charge in [-0.1, -0.05) is 12.1 Å². The molecule has 0 saturated carbocycles. The second kappa shape index (κ2) is 5.79. The monoisotopic (exact) mass is 325 g/mol. The Labute approximate surface area is 139 Å². The molecule has 0 aliphatic carbocycles. The van der Waals surface area contributed by atoms with E-state index in [2.05, 4.69) is 9.30 Å². The summed E-state index contributed by atoms with van der Waals surface area (Å²) in [5.74, 6) is 0.675. The Kier molecular flexibility index (Phi) is 3.61. The van der Waals surface area contributed by atoms with Gasteiger partial charge in [0.15, 0.2) is 5.65 Å². The fourth-order valence-corrected chi connectivity index (χ4v) is 3.31. The van der Waals surface area contributed by atoms with Crippen LogP contribution in [-0.2, 0) is 9.47 Å². The second-order valence-corrected chi connectivity index (χ2v) is 5.91. The van der Waals surface area contributed by atoms with E-state index in [0.717, 1.165) is 35.5 Å². The van der Waals surface area contributed by atoms with Crippen LogP contribution in [0.1, 0.15) is 15.9 Å². The summed E-state index contributed by atoms with van der Waals surface area (Å²) in [4.78, 5) is 19.3. The lowest BCUT2D eigenvalue weighted by atomic mass is 10.1. The highest BCUT2D eigenvalue weighted by Crippen LogP contribution is 2.29. The average Bonchev–Trinajstić information content (AvgIpc) is 3.00. The van der Waals surface area contributed by atoms with Gasteiger partial charge in [-0.15, -0.1) is 0 Å². The van der Waals surface area contributed by atoms with E-state index in [0.29, 0.717) is 24.4 Å². The van der Waals surface area contributed by atoms with Crippen LogP contribution in [0.25, 0.3) is 16.7 Å². The number of ether oxygens (including phenoxy) is 2. The molecule has 4 rings (SSSR count). The number of hydrogen-bond donors (Lipinski definition) is 0. The molecule has 3 aromatic rings. The van der Waals surface area contributed by atoms with E-state index in [-0.39, 0.29) is 5.97 Å². The van der Waals surface area contributed by atoms with E-state index >= 15 is 0 Å². The minimum Gasteiger partial charge on any atom is -0.465 e. The largest absolute Gasteiger partial charge is 0.465 e. The lowest BCUT2D eigenvalue weighted by Crippen LogP contribution is -2.37. The minimum absolute atomic E-state index is 0.360. The van der Waals surface area contributed by atoms with Gasteiger partial charge in [0.2, 0.25) is 0 Å². The first kappa shape index (κ1) is 15.0. The minimum atomic E-state index is -0.360. The molecule has 1 aliphatic heterocycles. The number of fused-ring (bicyclic) bond motifs is 3. The maximum absolute atomic E-state index is 12.3. The number of anilines is 1. The number of benzene rings is 1. The predicted molar refractivity (Wildman–Crippen MR) is 91.8 cm³/mol. The van der Waals surface area contributed by atoms with Gasteiger partial charge in [-0.25, -0.2) is 9.78 Å². The molecule has 0 bridgehead atoms. The SMILES string of the molecule is COC(=O)c1c(C)cc(N2CCOCC2)n2c1nc1ccccc12.